The lowest BCUT2D eigenvalue weighted by Gasteiger charge is -2.33. The highest BCUT2D eigenvalue weighted by atomic mass is 19.1. The lowest BCUT2D eigenvalue weighted by atomic mass is 10.1. The van der Waals surface area contributed by atoms with Crippen LogP contribution in [0.25, 0.3) is 0 Å². The van der Waals surface area contributed by atoms with Crippen molar-refractivity contribution in [2.24, 2.45) is 0 Å². The fraction of sp³-hybridized carbons (Fsp3) is 0.167. The fourth-order valence-electron chi connectivity index (χ4n) is 3.41. The van der Waals surface area contributed by atoms with E-state index in [0.717, 1.165) is 12.0 Å². The molecule has 0 spiro atoms. The summed E-state index contributed by atoms with van der Waals surface area (Å²) in [5.41, 5.74) is 2.71. The van der Waals surface area contributed by atoms with Gasteiger partial charge in [0.1, 0.15) is 11.6 Å². The molecule has 5 nitrogen and oxygen atoms in total. The lowest BCUT2D eigenvalue weighted by Crippen LogP contribution is -2.45. The molecule has 1 heterocycles. The number of nitrogens with one attached hydrogen (secondary N) is 1. The van der Waals surface area contributed by atoms with Crippen LogP contribution in [0.15, 0.2) is 72.8 Å². The van der Waals surface area contributed by atoms with Gasteiger partial charge in [0.05, 0.1) is 5.69 Å². The summed E-state index contributed by atoms with van der Waals surface area (Å²) in [5, 5.41) is 2.78. The maximum absolute atomic E-state index is 13.1. The molecule has 4 rings (SSSR count). The van der Waals surface area contributed by atoms with E-state index in [4.69, 9.17) is 4.74 Å². The molecular formula is C24H21FN2O3. The number of amides is 2. The Morgan fingerprint density at radius 2 is 1.80 bits per heavy atom. The first-order chi connectivity index (χ1) is 14.5. The number of hydrogen-bond donors (Lipinski definition) is 1. The number of rotatable bonds is 5. The summed E-state index contributed by atoms with van der Waals surface area (Å²) in [6.07, 6.45) is 0.109. The van der Waals surface area contributed by atoms with E-state index in [9.17, 15) is 14.0 Å². The van der Waals surface area contributed by atoms with Crippen LogP contribution in [-0.4, -0.2) is 24.5 Å². The smallest absolute Gasteiger partial charge is 0.267 e. The molecule has 0 aromatic heterocycles. The third-order valence-electron chi connectivity index (χ3n) is 5.00. The fourth-order valence-corrected chi connectivity index (χ4v) is 3.41. The molecule has 1 atom stereocenters. The second-order valence-electron chi connectivity index (χ2n) is 7.13. The Morgan fingerprint density at radius 1 is 1.07 bits per heavy atom. The Hall–Kier alpha value is -3.67. The highest BCUT2D eigenvalue weighted by Gasteiger charge is 2.31. The third kappa shape index (κ3) is 4.17. The van der Waals surface area contributed by atoms with Gasteiger partial charge >= 0.3 is 0 Å². The number of ether oxygens (including phenoxy) is 1. The minimum absolute atomic E-state index is 0.0958. The Morgan fingerprint density at radius 3 is 2.53 bits per heavy atom. The van der Waals surface area contributed by atoms with E-state index in [-0.39, 0.29) is 11.8 Å². The van der Waals surface area contributed by atoms with Crippen LogP contribution in [0.5, 0.6) is 5.75 Å². The number of carbonyl (C=O) groups excluding carboxylic acids is 2. The van der Waals surface area contributed by atoms with Gasteiger partial charge in [-0.05, 0) is 55.3 Å². The number of benzene rings is 3. The van der Waals surface area contributed by atoms with Crippen molar-refractivity contribution in [2.75, 3.05) is 16.8 Å². The Balaban J connectivity index is 1.53. The van der Waals surface area contributed by atoms with Crippen LogP contribution in [-0.2, 0) is 11.2 Å². The van der Waals surface area contributed by atoms with E-state index >= 15 is 0 Å². The molecule has 152 valence electrons. The van der Waals surface area contributed by atoms with E-state index in [1.807, 2.05) is 30.3 Å². The summed E-state index contributed by atoms with van der Waals surface area (Å²) in [6, 6.07) is 20.5. The summed E-state index contributed by atoms with van der Waals surface area (Å²) in [4.78, 5) is 26.8. The van der Waals surface area contributed by atoms with Crippen LogP contribution in [0.4, 0.5) is 15.8 Å². The summed E-state index contributed by atoms with van der Waals surface area (Å²) in [6.45, 7) is 2.25. The number of halogens is 1. The second kappa shape index (κ2) is 8.37. The van der Waals surface area contributed by atoms with Gasteiger partial charge in [0.2, 0.25) is 0 Å². The van der Waals surface area contributed by atoms with Crippen molar-refractivity contribution in [3.63, 3.8) is 0 Å². The van der Waals surface area contributed by atoms with Crippen molar-refractivity contribution < 1.29 is 18.7 Å². The van der Waals surface area contributed by atoms with Crippen molar-refractivity contribution >= 4 is 23.2 Å². The van der Waals surface area contributed by atoms with E-state index in [2.05, 4.69) is 5.32 Å². The second-order valence-corrected chi connectivity index (χ2v) is 7.13. The standard InChI is InChI=1S/C24H21FN2O3/c1-16-24(29)27(14-13-17-5-3-2-4-6-17)21-12-11-20(15-22(21)30-16)26-23(28)18-7-9-19(25)10-8-18/h2-12,15-16H,13-14H2,1H3,(H,26,28). The van der Waals surface area contributed by atoms with Crippen molar-refractivity contribution in [1.29, 1.82) is 0 Å². The molecule has 3 aromatic rings. The number of nitrogens with zero attached hydrogens (tertiary/aromatic N) is 1. The van der Waals surface area contributed by atoms with Gasteiger partial charge in [-0.1, -0.05) is 30.3 Å². The van der Waals surface area contributed by atoms with Gasteiger partial charge in [0.15, 0.2) is 6.10 Å². The van der Waals surface area contributed by atoms with Gasteiger partial charge in [-0.15, -0.1) is 0 Å². The predicted octanol–water partition coefficient (Wildman–Crippen LogP) is 4.43. The monoisotopic (exact) mass is 404 g/mol. The van der Waals surface area contributed by atoms with Crippen molar-refractivity contribution in [2.45, 2.75) is 19.4 Å². The van der Waals surface area contributed by atoms with Crippen LogP contribution in [0, 0.1) is 5.82 Å². The number of anilines is 2. The van der Waals surface area contributed by atoms with Crippen LogP contribution in [0.1, 0.15) is 22.8 Å². The maximum atomic E-state index is 13.1. The average molecular weight is 404 g/mol. The molecule has 0 saturated heterocycles. The maximum Gasteiger partial charge on any atom is 0.267 e. The molecule has 1 aliphatic heterocycles. The normalized spacial score (nSPS) is 15.3. The largest absolute Gasteiger partial charge is 0.479 e. The molecule has 0 fully saturated rings. The SMILES string of the molecule is CC1Oc2cc(NC(=O)c3ccc(F)cc3)ccc2N(CCc2ccccc2)C1=O. The van der Waals surface area contributed by atoms with Crippen molar-refractivity contribution in [3.05, 3.63) is 89.7 Å². The number of hydrogen-bond acceptors (Lipinski definition) is 3. The number of carbonyl (C=O) groups is 2. The van der Waals surface area contributed by atoms with Gasteiger partial charge in [-0.2, -0.15) is 0 Å². The van der Waals surface area contributed by atoms with Crippen molar-refractivity contribution in [1.82, 2.24) is 0 Å². The molecule has 0 bridgehead atoms. The lowest BCUT2D eigenvalue weighted by molar-refractivity contribution is -0.125. The Kier molecular flexibility index (Phi) is 5.48. The summed E-state index contributed by atoms with van der Waals surface area (Å²) < 4.78 is 18.8. The van der Waals surface area contributed by atoms with Gasteiger partial charge in [-0.3, -0.25) is 9.59 Å². The molecule has 1 N–H and O–H groups in total. The highest BCUT2D eigenvalue weighted by Crippen LogP contribution is 2.36. The quantitative estimate of drug-likeness (QED) is 0.684. The summed E-state index contributed by atoms with van der Waals surface area (Å²) in [5.74, 6) is -0.313. The third-order valence-corrected chi connectivity index (χ3v) is 5.00. The molecule has 0 saturated carbocycles. The molecule has 1 unspecified atom stereocenters. The van der Waals surface area contributed by atoms with E-state index < -0.39 is 11.9 Å². The molecule has 0 radical (unpaired) electrons. The molecule has 1 aliphatic rings. The van der Waals surface area contributed by atoms with Gasteiger partial charge in [0.25, 0.3) is 11.8 Å². The molecular weight excluding hydrogens is 383 g/mol. The first-order valence-corrected chi connectivity index (χ1v) is 9.74. The minimum Gasteiger partial charge on any atom is -0.479 e. The van der Waals surface area contributed by atoms with E-state index in [1.54, 1.807) is 30.0 Å². The highest BCUT2D eigenvalue weighted by molar-refractivity contribution is 6.05. The van der Waals surface area contributed by atoms with Crippen LogP contribution in [0.2, 0.25) is 0 Å². The zero-order valence-electron chi connectivity index (χ0n) is 16.5. The van der Waals surface area contributed by atoms with Crippen LogP contribution in [0.3, 0.4) is 0 Å². The van der Waals surface area contributed by atoms with Gasteiger partial charge in [-0.25, -0.2) is 4.39 Å². The van der Waals surface area contributed by atoms with Crippen LogP contribution >= 0.6 is 0 Å². The van der Waals surface area contributed by atoms with Crippen LogP contribution < -0.4 is 15.0 Å². The zero-order valence-corrected chi connectivity index (χ0v) is 16.5. The molecule has 0 aliphatic carbocycles. The Bertz CT molecular complexity index is 1070. The molecule has 6 heteroatoms. The van der Waals surface area contributed by atoms with E-state index in [0.29, 0.717) is 29.2 Å². The topological polar surface area (TPSA) is 58.6 Å². The average Bonchev–Trinajstić information content (AvgIpc) is 2.75. The van der Waals surface area contributed by atoms with E-state index in [1.165, 1.54) is 24.3 Å². The minimum atomic E-state index is -0.615. The Labute approximate surface area is 174 Å². The van der Waals surface area contributed by atoms with Gasteiger partial charge < -0.3 is 15.0 Å². The molecule has 30 heavy (non-hydrogen) atoms. The zero-order chi connectivity index (χ0) is 21.1. The van der Waals surface area contributed by atoms with Crippen molar-refractivity contribution in [3.8, 4) is 5.75 Å². The van der Waals surface area contributed by atoms with Gasteiger partial charge in [0, 0.05) is 23.9 Å². The summed E-state index contributed by atoms with van der Waals surface area (Å²) in [7, 11) is 0. The first kappa shape index (κ1) is 19.6. The summed E-state index contributed by atoms with van der Waals surface area (Å²) >= 11 is 0. The molecule has 2 amide bonds. The predicted molar refractivity (Wildman–Crippen MR) is 113 cm³/mol. The number of fused-ring (bicyclic) bond motifs is 1. The molecule has 3 aromatic carbocycles. The first-order valence-electron chi connectivity index (χ1n) is 9.74.